The van der Waals surface area contributed by atoms with Gasteiger partial charge in [-0.2, -0.15) is 0 Å². The van der Waals surface area contributed by atoms with Gasteiger partial charge in [0, 0.05) is 16.3 Å². The summed E-state index contributed by atoms with van der Waals surface area (Å²) in [6.45, 7) is 2.02. The number of hydrogen-bond acceptors (Lipinski definition) is 2. The average molecular weight is 309 g/mol. The minimum absolute atomic E-state index is 0.0169. The molecule has 0 saturated heterocycles. The van der Waals surface area contributed by atoms with Crippen molar-refractivity contribution in [2.75, 3.05) is 5.75 Å². The Hall–Kier alpha value is -1.32. The number of carbonyl (C=O) groups is 1. The summed E-state index contributed by atoms with van der Waals surface area (Å²) in [6.07, 6.45) is 0.0747. The summed E-state index contributed by atoms with van der Waals surface area (Å²) in [4.78, 5) is 12.9. The lowest BCUT2D eigenvalue weighted by Crippen LogP contribution is -2.07. The van der Waals surface area contributed by atoms with E-state index in [0.717, 1.165) is 4.90 Å². The maximum absolute atomic E-state index is 13.5. The zero-order valence-corrected chi connectivity index (χ0v) is 12.6. The third-order valence-electron chi connectivity index (χ3n) is 2.82. The Labute approximate surface area is 127 Å². The van der Waals surface area contributed by atoms with Crippen LogP contribution in [0.25, 0.3) is 0 Å². The van der Waals surface area contributed by atoms with Gasteiger partial charge in [0.25, 0.3) is 0 Å². The van der Waals surface area contributed by atoms with E-state index >= 15 is 0 Å². The van der Waals surface area contributed by atoms with Crippen molar-refractivity contribution >= 4 is 29.1 Å². The van der Waals surface area contributed by atoms with E-state index in [9.17, 15) is 9.18 Å². The fraction of sp³-hybridized carbons (Fsp3) is 0.188. The number of ketones is 1. The van der Waals surface area contributed by atoms with Crippen molar-refractivity contribution in [3.63, 3.8) is 0 Å². The number of benzene rings is 2. The molecule has 0 spiro atoms. The topological polar surface area (TPSA) is 17.1 Å². The number of hydrogen-bond donors (Lipinski definition) is 0. The molecule has 0 amide bonds. The summed E-state index contributed by atoms with van der Waals surface area (Å²) in [5, 5.41) is 0.445. The van der Waals surface area contributed by atoms with E-state index < -0.39 is 0 Å². The molecule has 0 bridgehead atoms. The van der Waals surface area contributed by atoms with Gasteiger partial charge in [-0.1, -0.05) is 29.3 Å². The Morgan fingerprint density at radius 2 is 1.90 bits per heavy atom. The Kier molecular flexibility index (Phi) is 5.21. The predicted molar refractivity (Wildman–Crippen MR) is 82.0 cm³/mol. The number of rotatable bonds is 5. The van der Waals surface area contributed by atoms with E-state index in [1.807, 2.05) is 31.2 Å². The van der Waals surface area contributed by atoms with Crippen LogP contribution < -0.4 is 0 Å². The molecule has 4 heteroatoms. The van der Waals surface area contributed by atoms with Gasteiger partial charge >= 0.3 is 0 Å². The lowest BCUT2D eigenvalue weighted by Gasteiger charge is -2.04. The summed E-state index contributed by atoms with van der Waals surface area (Å²) in [6, 6.07) is 12.2. The van der Waals surface area contributed by atoms with E-state index in [1.54, 1.807) is 0 Å². The third-order valence-corrected chi connectivity index (χ3v) is 4.12. The molecule has 0 aliphatic heterocycles. The predicted octanol–water partition coefficient (Wildman–Crippen LogP) is 4.69. The molecule has 0 aromatic heterocycles. The van der Waals surface area contributed by atoms with Crippen LogP contribution in [0, 0.1) is 12.7 Å². The summed E-state index contributed by atoms with van der Waals surface area (Å²) >= 11 is 7.27. The standard InChI is InChI=1S/C16H14ClFOS/c1-11-2-5-15(6-3-11)20-10-14(19)9-12-8-13(17)4-7-16(12)18/h2-8H,9-10H2,1H3. The molecule has 1 nitrogen and oxygen atoms in total. The highest BCUT2D eigenvalue weighted by Gasteiger charge is 2.09. The van der Waals surface area contributed by atoms with Crippen LogP contribution in [0.4, 0.5) is 4.39 Å². The molecule has 0 radical (unpaired) electrons. The first-order valence-corrected chi connectivity index (χ1v) is 7.56. The fourth-order valence-electron chi connectivity index (χ4n) is 1.74. The number of carbonyl (C=O) groups excluding carboxylic acids is 1. The maximum Gasteiger partial charge on any atom is 0.147 e. The third kappa shape index (κ3) is 4.36. The largest absolute Gasteiger partial charge is 0.298 e. The summed E-state index contributed by atoms with van der Waals surface area (Å²) in [5.74, 6) is -0.0746. The van der Waals surface area contributed by atoms with Gasteiger partial charge in [-0.05, 0) is 42.8 Å². The van der Waals surface area contributed by atoms with E-state index in [2.05, 4.69) is 0 Å². The first kappa shape index (κ1) is 15.1. The molecule has 0 heterocycles. The highest BCUT2D eigenvalue weighted by atomic mass is 35.5. The first-order chi connectivity index (χ1) is 9.54. The van der Waals surface area contributed by atoms with Gasteiger partial charge in [-0.25, -0.2) is 4.39 Å². The molecule has 104 valence electrons. The van der Waals surface area contributed by atoms with Gasteiger partial charge in [0.2, 0.25) is 0 Å². The van der Waals surface area contributed by atoms with Crippen molar-refractivity contribution in [2.24, 2.45) is 0 Å². The van der Waals surface area contributed by atoms with E-state index in [1.165, 1.54) is 35.5 Å². The van der Waals surface area contributed by atoms with Gasteiger partial charge in [0.1, 0.15) is 11.6 Å². The second-order valence-corrected chi connectivity index (χ2v) is 6.04. The molecule has 2 aromatic rings. The lowest BCUT2D eigenvalue weighted by atomic mass is 10.1. The number of thioether (sulfide) groups is 1. The van der Waals surface area contributed by atoms with Gasteiger partial charge in [0.05, 0.1) is 5.75 Å². The molecule has 0 aliphatic carbocycles. The van der Waals surface area contributed by atoms with Crippen molar-refractivity contribution in [1.82, 2.24) is 0 Å². The monoisotopic (exact) mass is 308 g/mol. The van der Waals surface area contributed by atoms with Crippen LogP contribution in [0.3, 0.4) is 0 Å². The zero-order valence-electron chi connectivity index (χ0n) is 11.0. The fourth-order valence-corrected chi connectivity index (χ4v) is 2.69. The molecule has 0 aliphatic rings. The molecular weight excluding hydrogens is 295 g/mol. The molecule has 0 saturated carbocycles. The Morgan fingerprint density at radius 1 is 1.20 bits per heavy atom. The minimum Gasteiger partial charge on any atom is -0.298 e. The van der Waals surface area contributed by atoms with Crippen LogP contribution in [0.2, 0.25) is 5.02 Å². The summed E-state index contributed by atoms with van der Waals surface area (Å²) in [5.41, 5.74) is 1.54. The van der Waals surface area contributed by atoms with Gasteiger partial charge in [0.15, 0.2) is 0 Å². The Bertz CT molecular complexity index is 610. The van der Waals surface area contributed by atoms with Gasteiger partial charge in [-0.3, -0.25) is 4.79 Å². The van der Waals surface area contributed by atoms with Crippen LogP contribution in [0.5, 0.6) is 0 Å². The van der Waals surface area contributed by atoms with Gasteiger partial charge in [-0.15, -0.1) is 11.8 Å². The Balaban J connectivity index is 1.92. The molecule has 0 fully saturated rings. The summed E-state index contributed by atoms with van der Waals surface area (Å²) in [7, 11) is 0. The second kappa shape index (κ2) is 6.91. The minimum atomic E-state index is -0.386. The summed E-state index contributed by atoms with van der Waals surface area (Å²) < 4.78 is 13.5. The van der Waals surface area contributed by atoms with Crippen molar-refractivity contribution in [3.8, 4) is 0 Å². The zero-order chi connectivity index (χ0) is 14.5. The quantitative estimate of drug-likeness (QED) is 0.745. The van der Waals surface area contributed by atoms with Crippen LogP contribution >= 0.6 is 23.4 Å². The highest BCUT2D eigenvalue weighted by Crippen LogP contribution is 2.20. The highest BCUT2D eigenvalue weighted by molar-refractivity contribution is 8.00. The van der Waals surface area contributed by atoms with Gasteiger partial charge < -0.3 is 0 Å². The number of halogens is 2. The molecular formula is C16H14ClFOS. The van der Waals surface area contributed by atoms with Crippen molar-refractivity contribution in [1.29, 1.82) is 0 Å². The van der Waals surface area contributed by atoms with E-state index in [-0.39, 0.29) is 18.0 Å². The SMILES string of the molecule is Cc1ccc(SCC(=O)Cc2cc(Cl)ccc2F)cc1. The smallest absolute Gasteiger partial charge is 0.147 e. The van der Waals surface area contributed by atoms with Crippen molar-refractivity contribution < 1.29 is 9.18 Å². The number of aryl methyl sites for hydroxylation is 1. The maximum atomic E-state index is 13.5. The van der Waals surface area contributed by atoms with Crippen LogP contribution in [-0.4, -0.2) is 11.5 Å². The Morgan fingerprint density at radius 3 is 2.60 bits per heavy atom. The van der Waals surface area contributed by atoms with Crippen LogP contribution in [-0.2, 0) is 11.2 Å². The molecule has 2 aromatic carbocycles. The molecule has 0 N–H and O–H groups in total. The van der Waals surface area contributed by atoms with Crippen LogP contribution in [0.15, 0.2) is 47.4 Å². The van der Waals surface area contributed by atoms with Crippen LogP contribution in [0.1, 0.15) is 11.1 Å². The first-order valence-electron chi connectivity index (χ1n) is 6.19. The second-order valence-electron chi connectivity index (χ2n) is 4.55. The molecule has 20 heavy (non-hydrogen) atoms. The molecule has 0 unspecified atom stereocenters. The van der Waals surface area contributed by atoms with Crippen molar-refractivity contribution in [3.05, 3.63) is 64.4 Å². The molecule has 0 atom stereocenters. The lowest BCUT2D eigenvalue weighted by molar-refractivity contribution is -0.116. The molecule has 2 rings (SSSR count). The average Bonchev–Trinajstić information content (AvgIpc) is 2.42. The normalized spacial score (nSPS) is 10.6. The van der Waals surface area contributed by atoms with E-state index in [4.69, 9.17) is 11.6 Å². The number of Topliss-reactive ketones (excluding diaryl/α,β-unsaturated/α-hetero) is 1. The van der Waals surface area contributed by atoms with Crippen molar-refractivity contribution in [2.45, 2.75) is 18.2 Å². The van der Waals surface area contributed by atoms with E-state index in [0.29, 0.717) is 16.3 Å².